The number of alkyl halides is 8. The number of unbranched alkanes of at least 4 members (excludes halogenated alkanes) is 5. The highest BCUT2D eigenvalue weighted by atomic mass is 19.4. The van der Waals surface area contributed by atoms with E-state index in [0.717, 1.165) is 0 Å². The molecule has 1 aromatic rings. The summed E-state index contributed by atoms with van der Waals surface area (Å²) in [6, 6.07) is 4.24. The molecule has 0 radical (unpaired) electrons. The molecule has 2 nitrogen and oxygen atoms in total. The van der Waals surface area contributed by atoms with Gasteiger partial charge in [-0.2, -0.15) is 35.1 Å². The lowest BCUT2D eigenvalue weighted by Crippen LogP contribution is -2.36. The number of rotatable bonds is 12. The minimum Gasteiger partial charge on any atom is -0.484 e. The first-order valence-electron chi connectivity index (χ1n) is 9.50. The van der Waals surface area contributed by atoms with Gasteiger partial charge in [-0.05, 0) is 49.9 Å². The van der Waals surface area contributed by atoms with E-state index in [0.29, 0.717) is 37.7 Å². The highest BCUT2D eigenvalue weighted by Gasteiger charge is 2.56. The number of ether oxygens (including phenoxy) is 1. The van der Waals surface area contributed by atoms with E-state index in [2.05, 4.69) is 0 Å². The molecule has 172 valence electrons. The Morgan fingerprint density at radius 1 is 0.833 bits per heavy atom. The maximum Gasteiger partial charge on any atom is 0.453 e. The fourth-order valence-corrected chi connectivity index (χ4v) is 2.78. The number of ketones is 1. The molecule has 0 aliphatic rings. The largest absolute Gasteiger partial charge is 0.484 e. The molecule has 0 aliphatic carbocycles. The monoisotopic (exact) mass is 448 g/mol. The lowest BCUT2D eigenvalue weighted by atomic mass is 10.0. The maximum atomic E-state index is 12.8. The molecule has 30 heavy (non-hydrogen) atoms. The number of hydrogen-bond donors (Lipinski definition) is 0. The zero-order valence-corrected chi connectivity index (χ0v) is 16.4. The molecular weight excluding hydrogens is 424 g/mol. The van der Waals surface area contributed by atoms with E-state index in [1.165, 1.54) is 19.1 Å². The fourth-order valence-electron chi connectivity index (χ4n) is 2.78. The van der Waals surface area contributed by atoms with Gasteiger partial charge in [0.15, 0.2) is 12.4 Å². The van der Waals surface area contributed by atoms with E-state index >= 15 is 0 Å². The second-order valence-corrected chi connectivity index (χ2v) is 7.15. The van der Waals surface area contributed by atoms with Gasteiger partial charge in [-0.3, -0.25) is 4.79 Å². The van der Waals surface area contributed by atoms with Crippen LogP contribution in [0.3, 0.4) is 0 Å². The van der Waals surface area contributed by atoms with Crippen LogP contribution in [0.25, 0.3) is 0 Å². The van der Waals surface area contributed by atoms with Crippen molar-refractivity contribution in [2.45, 2.75) is 76.6 Å². The van der Waals surface area contributed by atoms with Gasteiger partial charge >= 0.3 is 18.3 Å². The van der Waals surface area contributed by atoms with Gasteiger partial charge in [0.25, 0.3) is 0 Å². The van der Waals surface area contributed by atoms with Gasteiger partial charge in [-0.25, -0.2) is 0 Å². The van der Waals surface area contributed by atoms with Crippen LogP contribution in [-0.4, -0.2) is 30.7 Å². The number of hydrogen-bond acceptors (Lipinski definition) is 2. The minimum atomic E-state index is -5.52. The summed E-state index contributed by atoms with van der Waals surface area (Å²) in [6.07, 6.45) is -8.35. The second-order valence-electron chi connectivity index (χ2n) is 7.15. The predicted molar refractivity (Wildman–Crippen MR) is 95.0 cm³/mol. The Morgan fingerprint density at radius 2 is 1.40 bits per heavy atom. The van der Waals surface area contributed by atoms with Crippen molar-refractivity contribution < 1.29 is 44.7 Å². The van der Waals surface area contributed by atoms with Crippen LogP contribution >= 0.6 is 0 Å². The van der Waals surface area contributed by atoms with Crippen molar-refractivity contribution in [3.63, 3.8) is 0 Å². The second kappa shape index (κ2) is 10.9. The molecule has 0 atom stereocenters. The summed E-state index contributed by atoms with van der Waals surface area (Å²) in [5, 5.41) is 0. The molecule has 0 saturated heterocycles. The Kier molecular flexibility index (Phi) is 9.55. The number of carbonyl (C=O) groups excluding carboxylic acids is 1. The Morgan fingerprint density at radius 3 is 1.93 bits per heavy atom. The third-order valence-electron chi connectivity index (χ3n) is 4.40. The molecule has 0 bridgehead atoms. The molecule has 0 aromatic heterocycles. The summed E-state index contributed by atoms with van der Waals surface area (Å²) in [5.41, 5.74) is 0.861. The molecule has 0 heterocycles. The number of Topliss-reactive ketones (excluding diaryl/α,β-unsaturated/α-hetero) is 1. The van der Waals surface area contributed by atoms with Gasteiger partial charge in [-0.15, -0.1) is 0 Å². The first-order valence-corrected chi connectivity index (χ1v) is 9.50. The van der Waals surface area contributed by atoms with Crippen LogP contribution in [0.1, 0.15) is 67.8 Å². The zero-order valence-electron chi connectivity index (χ0n) is 16.4. The third kappa shape index (κ3) is 9.75. The summed E-state index contributed by atoms with van der Waals surface area (Å²) in [5.74, 6) is -5.04. The summed E-state index contributed by atoms with van der Waals surface area (Å²) in [4.78, 5) is 11.6. The topological polar surface area (TPSA) is 26.3 Å². The first kappa shape index (κ1) is 26.2. The number of carbonyl (C=O) groups is 1. The summed E-state index contributed by atoms with van der Waals surface area (Å²) >= 11 is 0. The lowest BCUT2D eigenvalue weighted by molar-refractivity contribution is -0.284. The van der Waals surface area contributed by atoms with Gasteiger partial charge in [0.1, 0.15) is 5.75 Å². The molecule has 1 rings (SSSR count). The molecule has 10 heteroatoms. The zero-order chi connectivity index (χ0) is 23.0. The van der Waals surface area contributed by atoms with Gasteiger partial charge in [-0.1, -0.05) is 25.7 Å². The van der Waals surface area contributed by atoms with Crippen molar-refractivity contribution in [2.24, 2.45) is 0 Å². The SMILES string of the molecule is CC(=O)c1cc(CCCCCCCCC(F)(F)C(F)(F)F)cc(OCC(F)(F)F)c1. The van der Waals surface area contributed by atoms with Crippen molar-refractivity contribution in [3.8, 4) is 5.75 Å². The predicted octanol–water partition coefficient (Wildman–Crippen LogP) is 7.30. The molecule has 0 amide bonds. The summed E-state index contributed by atoms with van der Waals surface area (Å²) < 4.78 is 103. The molecule has 0 spiro atoms. The Bertz CT molecular complexity index is 680. The van der Waals surface area contributed by atoms with Gasteiger partial charge < -0.3 is 4.74 Å². The van der Waals surface area contributed by atoms with Crippen LogP contribution in [0, 0.1) is 0 Å². The van der Waals surface area contributed by atoms with Gasteiger partial charge in [0.2, 0.25) is 0 Å². The molecule has 0 unspecified atom stereocenters. The van der Waals surface area contributed by atoms with Crippen LogP contribution in [0.2, 0.25) is 0 Å². The van der Waals surface area contributed by atoms with Crippen molar-refractivity contribution in [1.82, 2.24) is 0 Å². The van der Waals surface area contributed by atoms with Crippen LogP contribution in [0.4, 0.5) is 35.1 Å². The Labute approximate surface area is 169 Å². The van der Waals surface area contributed by atoms with Crippen molar-refractivity contribution in [3.05, 3.63) is 29.3 Å². The van der Waals surface area contributed by atoms with Gasteiger partial charge in [0, 0.05) is 12.0 Å². The Hall–Kier alpha value is -1.87. The quantitative estimate of drug-likeness (QED) is 0.191. The van der Waals surface area contributed by atoms with E-state index in [9.17, 15) is 39.9 Å². The molecule has 0 fully saturated rings. The van der Waals surface area contributed by atoms with E-state index in [4.69, 9.17) is 4.74 Å². The minimum absolute atomic E-state index is 0.0550. The maximum absolute atomic E-state index is 12.8. The first-order chi connectivity index (χ1) is 13.7. The average Bonchev–Trinajstić information content (AvgIpc) is 2.60. The van der Waals surface area contributed by atoms with Crippen LogP contribution in [0.5, 0.6) is 5.75 Å². The van der Waals surface area contributed by atoms with E-state index in [1.54, 1.807) is 6.07 Å². The van der Waals surface area contributed by atoms with Crippen LogP contribution in [0.15, 0.2) is 18.2 Å². The molecule has 0 saturated carbocycles. The van der Waals surface area contributed by atoms with Crippen LogP contribution < -0.4 is 4.74 Å². The van der Waals surface area contributed by atoms with E-state index in [1.807, 2.05) is 0 Å². The molecule has 1 aromatic carbocycles. The average molecular weight is 448 g/mol. The van der Waals surface area contributed by atoms with Crippen molar-refractivity contribution in [2.75, 3.05) is 6.61 Å². The highest BCUT2D eigenvalue weighted by molar-refractivity contribution is 5.94. The summed E-state index contributed by atoms with van der Waals surface area (Å²) in [7, 11) is 0. The van der Waals surface area contributed by atoms with Crippen LogP contribution in [-0.2, 0) is 6.42 Å². The lowest BCUT2D eigenvalue weighted by Gasteiger charge is -2.19. The van der Waals surface area contributed by atoms with E-state index in [-0.39, 0.29) is 29.9 Å². The standard InChI is InChI=1S/C20H24F8O2/c1-14(29)16-10-15(11-17(12-16)30-13-19(23,24)25)8-6-4-2-3-5-7-9-18(21,22)20(26,27)28/h10-12H,2-9,13H2,1H3. The normalized spacial score (nSPS) is 12.8. The van der Waals surface area contributed by atoms with Gasteiger partial charge in [0.05, 0.1) is 0 Å². The van der Waals surface area contributed by atoms with Crippen molar-refractivity contribution in [1.29, 1.82) is 0 Å². The smallest absolute Gasteiger partial charge is 0.453 e. The molecule has 0 aliphatic heterocycles. The highest BCUT2D eigenvalue weighted by Crippen LogP contribution is 2.39. The third-order valence-corrected chi connectivity index (χ3v) is 4.40. The van der Waals surface area contributed by atoms with E-state index < -0.39 is 31.3 Å². The fraction of sp³-hybridized carbons (Fsp3) is 0.650. The number of benzene rings is 1. The van der Waals surface area contributed by atoms with Crippen molar-refractivity contribution >= 4 is 5.78 Å². The summed E-state index contributed by atoms with van der Waals surface area (Å²) in [6.45, 7) is -0.184. The number of halogens is 8. The Balaban J connectivity index is 2.40. The number of aryl methyl sites for hydroxylation is 1. The molecule has 0 N–H and O–H groups in total. The molecular formula is C20H24F8O2.